The Balaban J connectivity index is 1.82. The summed E-state index contributed by atoms with van der Waals surface area (Å²) in [5, 5.41) is 4.28. The SMILES string of the molecule is CCCNC1CC(OCc2ccccc2Cl)C1OCC. The summed E-state index contributed by atoms with van der Waals surface area (Å²) < 4.78 is 11.8. The van der Waals surface area contributed by atoms with Crippen LogP contribution >= 0.6 is 11.6 Å². The van der Waals surface area contributed by atoms with Crippen LogP contribution in [-0.4, -0.2) is 31.4 Å². The summed E-state index contributed by atoms with van der Waals surface area (Å²) in [5.74, 6) is 0. The van der Waals surface area contributed by atoms with Gasteiger partial charge in [0.25, 0.3) is 0 Å². The van der Waals surface area contributed by atoms with Crippen molar-refractivity contribution in [3.05, 3.63) is 34.9 Å². The van der Waals surface area contributed by atoms with Crippen LogP contribution in [0.4, 0.5) is 0 Å². The van der Waals surface area contributed by atoms with Crippen molar-refractivity contribution in [3.63, 3.8) is 0 Å². The molecule has 0 bridgehead atoms. The van der Waals surface area contributed by atoms with Crippen LogP contribution in [0.15, 0.2) is 24.3 Å². The summed E-state index contributed by atoms with van der Waals surface area (Å²) in [6.45, 7) is 6.51. The lowest BCUT2D eigenvalue weighted by atomic mass is 9.85. The Morgan fingerprint density at radius 1 is 1.25 bits per heavy atom. The van der Waals surface area contributed by atoms with E-state index in [2.05, 4.69) is 12.2 Å². The number of hydrogen-bond acceptors (Lipinski definition) is 3. The molecule has 1 fully saturated rings. The molecule has 0 aliphatic heterocycles. The second-order valence-corrected chi connectivity index (χ2v) is 5.56. The van der Waals surface area contributed by atoms with Crippen molar-refractivity contribution >= 4 is 11.6 Å². The normalized spacial score (nSPS) is 25.4. The van der Waals surface area contributed by atoms with Crippen LogP contribution in [0, 0.1) is 0 Å². The molecule has 1 aliphatic rings. The first-order valence-corrected chi connectivity index (χ1v) is 7.84. The highest BCUT2D eigenvalue weighted by Gasteiger charge is 2.42. The second kappa shape index (κ2) is 7.99. The van der Waals surface area contributed by atoms with Gasteiger partial charge in [-0.2, -0.15) is 0 Å². The first kappa shape index (κ1) is 15.8. The fourth-order valence-corrected chi connectivity index (χ4v) is 2.69. The monoisotopic (exact) mass is 297 g/mol. The molecule has 4 heteroatoms. The molecule has 0 aromatic heterocycles. The van der Waals surface area contributed by atoms with Crippen molar-refractivity contribution < 1.29 is 9.47 Å². The van der Waals surface area contributed by atoms with Crippen LogP contribution in [0.25, 0.3) is 0 Å². The first-order chi connectivity index (χ1) is 9.76. The molecule has 1 aliphatic carbocycles. The average molecular weight is 298 g/mol. The van der Waals surface area contributed by atoms with Gasteiger partial charge in [0.2, 0.25) is 0 Å². The molecule has 0 spiro atoms. The van der Waals surface area contributed by atoms with Crippen molar-refractivity contribution in [2.45, 2.75) is 51.5 Å². The molecular formula is C16H24ClNO2. The molecule has 1 saturated carbocycles. The third-order valence-corrected chi connectivity index (χ3v) is 4.04. The molecule has 0 saturated heterocycles. The Labute approximate surface area is 126 Å². The summed E-state index contributed by atoms with van der Waals surface area (Å²) in [4.78, 5) is 0. The lowest BCUT2D eigenvalue weighted by Gasteiger charge is -2.44. The maximum Gasteiger partial charge on any atom is 0.0990 e. The van der Waals surface area contributed by atoms with Crippen molar-refractivity contribution in [3.8, 4) is 0 Å². The van der Waals surface area contributed by atoms with Crippen molar-refractivity contribution in [2.75, 3.05) is 13.2 Å². The number of rotatable bonds is 8. The molecule has 1 aromatic carbocycles. The minimum absolute atomic E-state index is 0.161. The van der Waals surface area contributed by atoms with Gasteiger partial charge in [-0.15, -0.1) is 0 Å². The molecule has 3 atom stereocenters. The molecule has 3 unspecified atom stereocenters. The topological polar surface area (TPSA) is 30.5 Å². The molecule has 0 amide bonds. The smallest absolute Gasteiger partial charge is 0.0990 e. The van der Waals surface area contributed by atoms with Gasteiger partial charge in [-0.25, -0.2) is 0 Å². The molecule has 2 rings (SSSR count). The summed E-state index contributed by atoms with van der Waals surface area (Å²) in [6.07, 6.45) is 2.48. The van der Waals surface area contributed by atoms with Crippen LogP contribution in [0.3, 0.4) is 0 Å². The highest BCUT2D eigenvalue weighted by atomic mass is 35.5. The molecule has 0 heterocycles. The molecule has 112 valence electrons. The van der Waals surface area contributed by atoms with Gasteiger partial charge in [-0.1, -0.05) is 36.7 Å². The van der Waals surface area contributed by atoms with Crippen molar-refractivity contribution in [1.82, 2.24) is 5.32 Å². The van der Waals surface area contributed by atoms with Gasteiger partial charge < -0.3 is 14.8 Å². The number of hydrogen-bond donors (Lipinski definition) is 1. The van der Waals surface area contributed by atoms with Crippen molar-refractivity contribution in [1.29, 1.82) is 0 Å². The van der Waals surface area contributed by atoms with Gasteiger partial charge in [0.1, 0.15) is 0 Å². The average Bonchev–Trinajstić information content (AvgIpc) is 2.45. The third-order valence-electron chi connectivity index (χ3n) is 3.68. The van der Waals surface area contributed by atoms with Gasteiger partial charge in [-0.05, 0) is 37.9 Å². The largest absolute Gasteiger partial charge is 0.374 e. The molecule has 3 nitrogen and oxygen atoms in total. The zero-order valence-corrected chi connectivity index (χ0v) is 13.0. The van der Waals surface area contributed by atoms with E-state index >= 15 is 0 Å². The van der Waals surface area contributed by atoms with Gasteiger partial charge in [0.15, 0.2) is 0 Å². The van der Waals surface area contributed by atoms with E-state index in [4.69, 9.17) is 21.1 Å². The molecule has 1 aromatic rings. The van der Waals surface area contributed by atoms with Crippen molar-refractivity contribution in [2.24, 2.45) is 0 Å². The Bertz CT molecular complexity index is 413. The third kappa shape index (κ3) is 3.95. The van der Waals surface area contributed by atoms with E-state index in [0.29, 0.717) is 12.6 Å². The zero-order valence-electron chi connectivity index (χ0n) is 12.3. The van der Waals surface area contributed by atoms with Crippen LogP contribution in [0.1, 0.15) is 32.3 Å². The van der Waals surface area contributed by atoms with Crippen LogP contribution in [0.2, 0.25) is 5.02 Å². The Morgan fingerprint density at radius 2 is 2.05 bits per heavy atom. The Hall–Kier alpha value is -0.610. The summed E-state index contributed by atoms with van der Waals surface area (Å²) in [7, 11) is 0. The lowest BCUT2D eigenvalue weighted by Crippen LogP contribution is -2.60. The number of nitrogens with one attached hydrogen (secondary N) is 1. The maximum atomic E-state index is 6.14. The standard InChI is InChI=1S/C16H24ClNO2/c1-3-9-18-14-10-15(16(14)19-4-2)20-11-12-7-5-6-8-13(12)17/h5-8,14-16,18H,3-4,9-11H2,1-2H3. The summed E-state index contributed by atoms with van der Waals surface area (Å²) in [6, 6.07) is 8.24. The lowest BCUT2D eigenvalue weighted by molar-refractivity contribution is -0.149. The summed E-state index contributed by atoms with van der Waals surface area (Å²) in [5.41, 5.74) is 1.04. The molecular weight excluding hydrogens is 274 g/mol. The molecule has 1 N–H and O–H groups in total. The quantitative estimate of drug-likeness (QED) is 0.798. The number of ether oxygens (including phenoxy) is 2. The zero-order chi connectivity index (χ0) is 14.4. The maximum absolute atomic E-state index is 6.14. The summed E-state index contributed by atoms with van der Waals surface area (Å²) >= 11 is 6.14. The predicted octanol–water partition coefficient (Wildman–Crippen LogP) is 3.40. The van der Waals surface area contributed by atoms with E-state index in [-0.39, 0.29) is 12.2 Å². The highest BCUT2D eigenvalue weighted by Crippen LogP contribution is 2.29. The van der Waals surface area contributed by atoms with E-state index in [1.807, 2.05) is 31.2 Å². The molecule has 20 heavy (non-hydrogen) atoms. The minimum atomic E-state index is 0.161. The number of benzene rings is 1. The van der Waals surface area contributed by atoms with E-state index in [1.165, 1.54) is 0 Å². The fraction of sp³-hybridized carbons (Fsp3) is 0.625. The van der Waals surface area contributed by atoms with Crippen LogP contribution < -0.4 is 5.32 Å². The number of halogens is 1. The van der Waals surface area contributed by atoms with E-state index in [9.17, 15) is 0 Å². The Kier molecular flexibility index (Phi) is 6.30. The minimum Gasteiger partial charge on any atom is -0.374 e. The van der Waals surface area contributed by atoms with E-state index < -0.39 is 0 Å². The van der Waals surface area contributed by atoms with Crippen LogP contribution in [-0.2, 0) is 16.1 Å². The van der Waals surface area contributed by atoms with Gasteiger partial charge in [0.05, 0.1) is 18.8 Å². The molecule has 0 radical (unpaired) electrons. The van der Waals surface area contributed by atoms with E-state index in [0.717, 1.165) is 36.6 Å². The van der Waals surface area contributed by atoms with Gasteiger partial charge in [-0.3, -0.25) is 0 Å². The van der Waals surface area contributed by atoms with Gasteiger partial charge in [0, 0.05) is 17.7 Å². The second-order valence-electron chi connectivity index (χ2n) is 5.16. The predicted molar refractivity (Wildman–Crippen MR) is 82.1 cm³/mol. The Morgan fingerprint density at radius 3 is 2.75 bits per heavy atom. The first-order valence-electron chi connectivity index (χ1n) is 7.46. The fourth-order valence-electron chi connectivity index (χ4n) is 2.50. The van der Waals surface area contributed by atoms with E-state index in [1.54, 1.807) is 0 Å². The highest BCUT2D eigenvalue weighted by molar-refractivity contribution is 6.31. The van der Waals surface area contributed by atoms with Gasteiger partial charge >= 0.3 is 0 Å². The van der Waals surface area contributed by atoms with Crippen LogP contribution in [0.5, 0.6) is 0 Å².